The SMILES string of the molecule is CCC(C)N1CCN(c2nccc(CN)c2F)CC1. The molecule has 106 valence electrons. The first kappa shape index (κ1) is 14.2. The van der Waals surface area contributed by atoms with Gasteiger partial charge in [-0.15, -0.1) is 0 Å². The summed E-state index contributed by atoms with van der Waals surface area (Å²) in [5.74, 6) is 0.189. The Labute approximate surface area is 114 Å². The van der Waals surface area contributed by atoms with Crippen LogP contribution in [0.1, 0.15) is 25.8 Å². The summed E-state index contributed by atoms with van der Waals surface area (Å²) in [5.41, 5.74) is 6.07. The van der Waals surface area contributed by atoms with E-state index in [-0.39, 0.29) is 12.4 Å². The van der Waals surface area contributed by atoms with Crippen molar-refractivity contribution in [3.05, 3.63) is 23.6 Å². The Bertz CT molecular complexity index is 416. The number of pyridine rings is 1. The van der Waals surface area contributed by atoms with Crippen molar-refractivity contribution in [2.24, 2.45) is 5.73 Å². The molecule has 2 heterocycles. The van der Waals surface area contributed by atoms with Crippen LogP contribution < -0.4 is 10.6 Å². The van der Waals surface area contributed by atoms with Crippen LogP contribution in [0.2, 0.25) is 0 Å². The molecule has 1 saturated heterocycles. The summed E-state index contributed by atoms with van der Waals surface area (Å²) >= 11 is 0. The van der Waals surface area contributed by atoms with Gasteiger partial charge < -0.3 is 10.6 Å². The maximum absolute atomic E-state index is 14.2. The van der Waals surface area contributed by atoms with Gasteiger partial charge in [0, 0.05) is 50.5 Å². The highest BCUT2D eigenvalue weighted by Gasteiger charge is 2.23. The minimum Gasteiger partial charge on any atom is -0.352 e. The van der Waals surface area contributed by atoms with Gasteiger partial charge in [0.1, 0.15) is 0 Å². The lowest BCUT2D eigenvalue weighted by Gasteiger charge is -2.38. The molecule has 19 heavy (non-hydrogen) atoms. The molecule has 1 aromatic heterocycles. The lowest BCUT2D eigenvalue weighted by atomic mass is 10.2. The van der Waals surface area contributed by atoms with Crippen molar-refractivity contribution < 1.29 is 4.39 Å². The largest absolute Gasteiger partial charge is 0.352 e. The Morgan fingerprint density at radius 1 is 1.37 bits per heavy atom. The van der Waals surface area contributed by atoms with E-state index in [1.807, 2.05) is 4.90 Å². The standard InChI is InChI=1S/C14H23FN4/c1-3-11(2)18-6-8-19(9-7-18)14-13(15)12(10-16)4-5-17-14/h4-5,11H,3,6-10,16H2,1-2H3. The fourth-order valence-electron chi connectivity index (χ4n) is 2.48. The van der Waals surface area contributed by atoms with Crippen molar-refractivity contribution in [2.75, 3.05) is 31.1 Å². The number of hydrogen-bond acceptors (Lipinski definition) is 4. The van der Waals surface area contributed by atoms with E-state index in [9.17, 15) is 4.39 Å². The average Bonchev–Trinajstić information content (AvgIpc) is 2.47. The van der Waals surface area contributed by atoms with Crippen LogP contribution in [0.25, 0.3) is 0 Å². The van der Waals surface area contributed by atoms with E-state index in [0.29, 0.717) is 17.4 Å². The second kappa shape index (κ2) is 6.30. The van der Waals surface area contributed by atoms with E-state index in [0.717, 1.165) is 32.6 Å². The van der Waals surface area contributed by atoms with Crippen LogP contribution in [-0.4, -0.2) is 42.1 Å². The molecule has 0 spiro atoms. The van der Waals surface area contributed by atoms with E-state index >= 15 is 0 Å². The van der Waals surface area contributed by atoms with Crippen molar-refractivity contribution in [3.63, 3.8) is 0 Å². The molecule has 2 rings (SSSR count). The highest BCUT2D eigenvalue weighted by atomic mass is 19.1. The van der Waals surface area contributed by atoms with Crippen LogP contribution in [0.5, 0.6) is 0 Å². The Balaban J connectivity index is 2.06. The van der Waals surface area contributed by atoms with Gasteiger partial charge in [-0.3, -0.25) is 4.90 Å². The molecular formula is C14H23FN4. The van der Waals surface area contributed by atoms with Crippen molar-refractivity contribution in [1.29, 1.82) is 0 Å². The number of rotatable bonds is 4. The summed E-state index contributed by atoms with van der Waals surface area (Å²) < 4.78 is 14.2. The zero-order chi connectivity index (χ0) is 13.8. The van der Waals surface area contributed by atoms with Crippen LogP contribution in [0.4, 0.5) is 10.2 Å². The van der Waals surface area contributed by atoms with E-state index in [1.54, 1.807) is 12.3 Å². The fraction of sp³-hybridized carbons (Fsp3) is 0.643. The van der Waals surface area contributed by atoms with Crippen molar-refractivity contribution in [1.82, 2.24) is 9.88 Å². The number of nitrogens with zero attached hydrogens (tertiary/aromatic N) is 3. The molecule has 1 aromatic rings. The minimum absolute atomic E-state index is 0.216. The molecule has 1 aliphatic rings. The van der Waals surface area contributed by atoms with Crippen LogP contribution in [0.15, 0.2) is 12.3 Å². The van der Waals surface area contributed by atoms with Crippen LogP contribution >= 0.6 is 0 Å². The van der Waals surface area contributed by atoms with Gasteiger partial charge in [-0.25, -0.2) is 9.37 Å². The molecule has 0 bridgehead atoms. The zero-order valence-electron chi connectivity index (χ0n) is 11.8. The highest BCUT2D eigenvalue weighted by molar-refractivity contribution is 5.43. The topological polar surface area (TPSA) is 45.4 Å². The molecule has 0 aliphatic carbocycles. The second-order valence-corrected chi connectivity index (χ2v) is 5.09. The number of halogens is 1. The molecule has 5 heteroatoms. The Hall–Kier alpha value is -1.20. The molecule has 1 fully saturated rings. The third kappa shape index (κ3) is 3.04. The second-order valence-electron chi connectivity index (χ2n) is 5.09. The summed E-state index contributed by atoms with van der Waals surface area (Å²) in [6.45, 7) is 8.22. The first-order valence-electron chi connectivity index (χ1n) is 6.99. The van der Waals surface area contributed by atoms with Gasteiger partial charge in [0.05, 0.1) is 0 Å². The predicted molar refractivity (Wildman–Crippen MR) is 75.6 cm³/mol. The maximum Gasteiger partial charge on any atom is 0.170 e. The van der Waals surface area contributed by atoms with Gasteiger partial charge in [-0.1, -0.05) is 6.92 Å². The van der Waals surface area contributed by atoms with Gasteiger partial charge in [-0.05, 0) is 19.4 Å². The molecular weight excluding hydrogens is 243 g/mol. The van der Waals surface area contributed by atoms with Crippen LogP contribution in [0.3, 0.4) is 0 Å². The minimum atomic E-state index is -0.262. The average molecular weight is 266 g/mol. The number of hydrogen-bond donors (Lipinski definition) is 1. The summed E-state index contributed by atoms with van der Waals surface area (Å²) in [7, 11) is 0. The molecule has 0 saturated carbocycles. The Morgan fingerprint density at radius 3 is 2.63 bits per heavy atom. The van der Waals surface area contributed by atoms with E-state index in [1.165, 1.54) is 0 Å². The lowest BCUT2D eigenvalue weighted by molar-refractivity contribution is 0.192. The van der Waals surface area contributed by atoms with Gasteiger partial charge >= 0.3 is 0 Å². The van der Waals surface area contributed by atoms with Gasteiger partial charge in [0.2, 0.25) is 0 Å². The lowest BCUT2D eigenvalue weighted by Crippen LogP contribution is -2.50. The number of nitrogens with two attached hydrogens (primary N) is 1. The highest BCUT2D eigenvalue weighted by Crippen LogP contribution is 2.21. The maximum atomic E-state index is 14.2. The quantitative estimate of drug-likeness (QED) is 0.899. The van der Waals surface area contributed by atoms with E-state index < -0.39 is 0 Å². The van der Waals surface area contributed by atoms with Crippen molar-refractivity contribution in [2.45, 2.75) is 32.9 Å². The van der Waals surface area contributed by atoms with Crippen LogP contribution in [0, 0.1) is 5.82 Å². The number of anilines is 1. The molecule has 1 aliphatic heterocycles. The van der Waals surface area contributed by atoms with Crippen LogP contribution in [-0.2, 0) is 6.54 Å². The van der Waals surface area contributed by atoms with E-state index in [4.69, 9.17) is 5.73 Å². The molecule has 4 nitrogen and oxygen atoms in total. The van der Waals surface area contributed by atoms with E-state index in [2.05, 4.69) is 23.7 Å². The van der Waals surface area contributed by atoms with Gasteiger partial charge in [-0.2, -0.15) is 0 Å². The first-order chi connectivity index (χ1) is 9.17. The Kier molecular flexibility index (Phi) is 4.71. The summed E-state index contributed by atoms with van der Waals surface area (Å²) in [6.07, 6.45) is 2.79. The normalized spacial score (nSPS) is 18.6. The fourth-order valence-corrected chi connectivity index (χ4v) is 2.48. The monoisotopic (exact) mass is 266 g/mol. The molecule has 0 radical (unpaired) electrons. The van der Waals surface area contributed by atoms with Gasteiger partial charge in [0.15, 0.2) is 11.6 Å². The summed E-state index contributed by atoms with van der Waals surface area (Å²) in [5, 5.41) is 0. The first-order valence-corrected chi connectivity index (χ1v) is 6.99. The van der Waals surface area contributed by atoms with Crippen molar-refractivity contribution >= 4 is 5.82 Å². The molecule has 2 N–H and O–H groups in total. The number of aromatic nitrogens is 1. The zero-order valence-corrected chi connectivity index (χ0v) is 11.8. The van der Waals surface area contributed by atoms with Crippen molar-refractivity contribution in [3.8, 4) is 0 Å². The molecule has 0 amide bonds. The smallest absolute Gasteiger partial charge is 0.170 e. The van der Waals surface area contributed by atoms with Gasteiger partial charge in [0.25, 0.3) is 0 Å². The predicted octanol–water partition coefficient (Wildman–Crippen LogP) is 1.60. The molecule has 1 unspecified atom stereocenters. The molecule has 0 aromatic carbocycles. The third-order valence-electron chi connectivity index (χ3n) is 4.00. The Morgan fingerprint density at radius 2 is 2.05 bits per heavy atom. The summed E-state index contributed by atoms with van der Waals surface area (Å²) in [4.78, 5) is 8.64. The number of piperazine rings is 1. The third-order valence-corrected chi connectivity index (χ3v) is 4.00. The summed E-state index contributed by atoms with van der Waals surface area (Å²) in [6, 6.07) is 2.24. The molecule has 1 atom stereocenters.